The number of nitrogens with one attached hydrogen (secondary N) is 3. The highest BCUT2D eigenvalue weighted by molar-refractivity contribution is 6.11. The number of nitrogens with zero attached hydrogens (tertiary/aromatic N) is 5. The molecule has 1 fully saturated rings. The average molecular weight is 715 g/mol. The summed E-state index contributed by atoms with van der Waals surface area (Å²) in [6.07, 6.45) is -6.60. The second kappa shape index (κ2) is 14.7. The molecule has 1 aromatic heterocycles. The van der Waals surface area contributed by atoms with Crippen LogP contribution in [0.5, 0.6) is 0 Å². The van der Waals surface area contributed by atoms with Crippen molar-refractivity contribution < 1.29 is 35.9 Å². The molecule has 1 amide bonds. The number of amidine groups is 1. The fraction of sp³-hybridized carbons (Fsp3) is 0.400. The van der Waals surface area contributed by atoms with E-state index in [1.807, 2.05) is 11.0 Å². The highest BCUT2D eigenvalue weighted by Crippen LogP contribution is 2.42. The molecular formula is C35H36F6N8O2. The molecule has 5 rings (SSSR count). The van der Waals surface area contributed by atoms with Gasteiger partial charge in [-0.2, -0.15) is 31.6 Å². The maximum absolute atomic E-state index is 14.5. The number of fused-ring (bicyclic) bond motifs is 1. The molecule has 2 aromatic carbocycles. The number of methoxy groups -OCH3 is 1. The zero-order chi connectivity index (χ0) is 37.2. The number of unbranched alkanes of at least 4 members (excludes halogenated alkanes) is 1. The molecule has 0 radical (unpaired) electrons. The van der Waals surface area contributed by atoms with Gasteiger partial charge < -0.3 is 15.0 Å². The Labute approximate surface area is 290 Å². The number of alkyl halides is 6. The molecule has 16 heteroatoms. The third kappa shape index (κ3) is 7.99. The van der Waals surface area contributed by atoms with Crippen LogP contribution in [0.15, 0.2) is 42.5 Å². The molecule has 0 saturated heterocycles. The summed E-state index contributed by atoms with van der Waals surface area (Å²) < 4.78 is 90.6. The third-order valence-corrected chi connectivity index (χ3v) is 9.18. The van der Waals surface area contributed by atoms with Crippen LogP contribution in [0.4, 0.5) is 38.0 Å². The third-order valence-electron chi connectivity index (χ3n) is 9.18. The van der Waals surface area contributed by atoms with Crippen molar-refractivity contribution in [3.63, 3.8) is 0 Å². The van der Waals surface area contributed by atoms with Crippen LogP contribution in [0.1, 0.15) is 63.9 Å². The van der Waals surface area contributed by atoms with E-state index in [1.165, 1.54) is 25.2 Å². The first kappa shape index (κ1) is 37.3. The minimum Gasteiger partial charge on any atom is -0.381 e. The SMILES string of the molecule is COC1CC(N(C)Cc2cc3c(c(C(F)(F)F)c2)CN(c2cc(-c4cc(C(F)(F)F)ccc4C(=N)N(C)C=N)cc(NCCCC#N)n2)C3=O)C1. The van der Waals surface area contributed by atoms with Crippen molar-refractivity contribution >= 4 is 29.7 Å². The van der Waals surface area contributed by atoms with E-state index in [4.69, 9.17) is 20.8 Å². The molecule has 0 bridgehead atoms. The van der Waals surface area contributed by atoms with Crippen LogP contribution in [-0.2, 0) is 30.2 Å². The van der Waals surface area contributed by atoms with Crippen molar-refractivity contribution in [2.45, 2.75) is 63.3 Å². The van der Waals surface area contributed by atoms with Gasteiger partial charge in [0.1, 0.15) is 17.5 Å². The van der Waals surface area contributed by atoms with Crippen molar-refractivity contribution in [2.24, 2.45) is 0 Å². The van der Waals surface area contributed by atoms with Crippen LogP contribution in [-0.4, -0.2) is 72.8 Å². The number of nitriles is 1. The number of ether oxygens (including phenoxy) is 1. The summed E-state index contributed by atoms with van der Waals surface area (Å²) in [4.78, 5) is 22.5. The predicted octanol–water partition coefficient (Wildman–Crippen LogP) is 7.14. The molecule has 3 aromatic rings. The number of hydrogen-bond acceptors (Lipinski definition) is 8. The van der Waals surface area contributed by atoms with E-state index < -0.39 is 35.9 Å². The van der Waals surface area contributed by atoms with Gasteiger partial charge in [0.15, 0.2) is 0 Å². The number of rotatable bonds is 12. The van der Waals surface area contributed by atoms with E-state index >= 15 is 0 Å². The Morgan fingerprint density at radius 1 is 1.10 bits per heavy atom. The van der Waals surface area contributed by atoms with Gasteiger partial charge in [0.05, 0.1) is 36.2 Å². The molecule has 2 aliphatic rings. The number of anilines is 2. The summed E-state index contributed by atoms with van der Waals surface area (Å²) in [5.74, 6) is -1.10. The molecule has 0 spiro atoms. The number of benzene rings is 2. The topological polar surface area (TPSA) is 132 Å². The van der Waals surface area contributed by atoms with E-state index in [0.717, 1.165) is 53.2 Å². The minimum atomic E-state index is -4.79. The molecule has 270 valence electrons. The number of amides is 1. The quantitative estimate of drug-likeness (QED) is 0.0787. The highest BCUT2D eigenvalue weighted by atomic mass is 19.4. The van der Waals surface area contributed by atoms with Gasteiger partial charge in [0.2, 0.25) is 0 Å². The number of hydrogen-bond donors (Lipinski definition) is 3. The molecule has 0 unspecified atom stereocenters. The molecule has 1 aliphatic heterocycles. The van der Waals surface area contributed by atoms with Gasteiger partial charge in [0.25, 0.3) is 5.91 Å². The minimum absolute atomic E-state index is 0.0222. The molecular weight excluding hydrogens is 678 g/mol. The fourth-order valence-corrected chi connectivity index (χ4v) is 6.21. The normalized spacial score (nSPS) is 17.2. The lowest BCUT2D eigenvalue weighted by Crippen LogP contribution is -2.45. The van der Waals surface area contributed by atoms with Crippen LogP contribution < -0.4 is 10.2 Å². The van der Waals surface area contributed by atoms with Crippen molar-refractivity contribution in [3.05, 3.63) is 75.8 Å². The summed E-state index contributed by atoms with van der Waals surface area (Å²) in [7, 11) is 4.78. The molecule has 51 heavy (non-hydrogen) atoms. The Morgan fingerprint density at radius 2 is 1.82 bits per heavy atom. The zero-order valence-corrected chi connectivity index (χ0v) is 28.0. The summed E-state index contributed by atoms with van der Waals surface area (Å²) in [5.41, 5.74) is -2.05. The van der Waals surface area contributed by atoms with Crippen molar-refractivity contribution in [1.82, 2.24) is 14.8 Å². The van der Waals surface area contributed by atoms with Crippen molar-refractivity contribution in [2.75, 3.05) is 38.0 Å². The lowest BCUT2D eigenvalue weighted by atomic mass is 9.87. The Hall–Kier alpha value is -5.01. The number of halogens is 6. The highest BCUT2D eigenvalue weighted by Gasteiger charge is 2.42. The zero-order valence-electron chi connectivity index (χ0n) is 28.0. The number of carbonyl (C=O) groups excluding carboxylic acids is 1. The van der Waals surface area contributed by atoms with E-state index in [9.17, 15) is 31.1 Å². The lowest BCUT2D eigenvalue weighted by molar-refractivity contribution is -0.138. The monoisotopic (exact) mass is 714 g/mol. The molecule has 2 heterocycles. The van der Waals surface area contributed by atoms with Gasteiger partial charge in [-0.05, 0) is 85.0 Å². The van der Waals surface area contributed by atoms with Gasteiger partial charge >= 0.3 is 12.4 Å². The fourth-order valence-electron chi connectivity index (χ4n) is 6.21. The first-order chi connectivity index (χ1) is 24.0. The Balaban J connectivity index is 1.59. The van der Waals surface area contributed by atoms with E-state index in [1.54, 1.807) is 14.2 Å². The van der Waals surface area contributed by atoms with Crippen LogP contribution >= 0.6 is 0 Å². The number of aromatic nitrogens is 1. The number of pyridine rings is 1. The summed E-state index contributed by atoms with van der Waals surface area (Å²) in [5, 5.41) is 28.1. The maximum Gasteiger partial charge on any atom is 0.416 e. The van der Waals surface area contributed by atoms with Crippen LogP contribution in [0, 0.1) is 22.1 Å². The smallest absolute Gasteiger partial charge is 0.381 e. The molecule has 1 saturated carbocycles. The van der Waals surface area contributed by atoms with Gasteiger partial charge in [0, 0.05) is 50.8 Å². The molecule has 10 nitrogen and oxygen atoms in total. The standard InChI is InChI=1S/C35H36F6N8O2/c1-47(23-15-24(16-23)51-3)17-20-10-27-28(29(11-20)35(39,40)41)18-49(33(27)50)31-13-21(12-30(46-31)45-9-5-4-8-42)26-14-22(34(36,37)38)6-7-25(26)32(44)48(2)19-43/h6-7,10-14,19,23-24,43-44H,4-5,9,15-18H2,1-3H3,(H,45,46). The first-order valence-electron chi connectivity index (χ1n) is 16.0. The maximum atomic E-state index is 14.5. The van der Waals surface area contributed by atoms with E-state index in [0.29, 0.717) is 12.0 Å². The average Bonchev–Trinajstić information content (AvgIpc) is 3.39. The number of carbonyl (C=O) groups is 1. The second-order valence-corrected chi connectivity index (χ2v) is 12.6. The Morgan fingerprint density at radius 3 is 2.45 bits per heavy atom. The van der Waals surface area contributed by atoms with Gasteiger partial charge in [-0.25, -0.2) is 4.98 Å². The summed E-state index contributed by atoms with van der Waals surface area (Å²) in [6, 6.07) is 10.1. The van der Waals surface area contributed by atoms with Crippen molar-refractivity contribution in [3.8, 4) is 17.2 Å². The van der Waals surface area contributed by atoms with Crippen molar-refractivity contribution in [1.29, 1.82) is 16.1 Å². The van der Waals surface area contributed by atoms with Gasteiger partial charge in [-0.1, -0.05) is 6.07 Å². The van der Waals surface area contributed by atoms with Crippen LogP contribution in [0.2, 0.25) is 0 Å². The lowest BCUT2D eigenvalue weighted by Gasteiger charge is -2.40. The first-order valence-corrected chi connectivity index (χ1v) is 16.0. The van der Waals surface area contributed by atoms with E-state index in [2.05, 4.69) is 10.3 Å². The molecule has 1 aliphatic carbocycles. The summed E-state index contributed by atoms with van der Waals surface area (Å²) >= 11 is 0. The summed E-state index contributed by atoms with van der Waals surface area (Å²) in [6.45, 7) is -0.117. The van der Waals surface area contributed by atoms with Crippen LogP contribution in [0.25, 0.3) is 11.1 Å². The molecule has 0 atom stereocenters. The van der Waals surface area contributed by atoms with Gasteiger partial charge in [-0.3, -0.25) is 25.4 Å². The van der Waals surface area contributed by atoms with E-state index in [-0.39, 0.29) is 76.9 Å². The molecule has 3 N–H and O–H groups in total. The Bertz CT molecular complexity index is 1870. The second-order valence-electron chi connectivity index (χ2n) is 12.6. The van der Waals surface area contributed by atoms with Crippen LogP contribution in [0.3, 0.4) is 0 Å². The largest absolute Gasteiger partial charge is 0.416 e. The van der Waals surface area contributed by atoms with Gasteiger partial charge in [-0.15, -0.1) is 0 Å². The predicted molar refractivity (Wildman–Crippen MR) is 179 cm³/mol. The Kier molecular flexibility index (Phi) is 10.7.